The van der Waals surface area contributed by atoms with E-state index in [-0.39, 0.29) is 10.8 Å². The highest BCUT2D eigenvalue weighted by Gasteiger charge is 2.30. The van der Waals surface area contributed by atoms with E-state index >= 15 is 0 Å². The van der Waals surface area contributed by atoms with Gasteiger partial charge in [0, 0.05) is 42.5 Å². The molecule has 0 radical (unpaired) electrons. The van der Waals surface area contributed by atoms with Gasteiger partial charge in [-0.15, -0.1) is 0 Å². The van der Waals surface area contributed by atoms with Crippen LogP contribution in [0.4, 0.5) is 10.2 Å². The van der Waals surface area contributed by atoms with Gasteiger partial charge in [-0.1, -0.05) is 35.9 Å². The summed E-state index contributed by atoms with van der Waals surface area (Å²) >= 11 is 6.43. The van der Waals surface area contributed by atoms with E-state index in [9.17, 15) is 12.8 Å². The zero-order valence-corrected chi connectivity index (χ0v) is 20.7. The van der Waals surface area contributed by atoms with E-state index in [0.717, 1.165) is 47.1 Å². The highest BCUT2D eigenvalue weighted by molar-refractivity contribution is 7.89. The first-order valence-electron chi connectivity index (χ1n) is 11.4. The van der Waals surface area contributed by atoms with E-state index in [4.69, 9.17) is 16.6 Å². The molecule has 2 aromatic heterocycles. The third-order valence-corrected chi connectivity index (χ3v) is 8.48. The zero-order chi connectivity index (χ0) is 24.6. The summed E-state index contributed by atoms with van der Waals surface area (Å²) in [6, 6.07) is 14.6. The maximum absolute atomic E-state index is 13.6. The maximum atomic E-state index is 13.6. The molecule has 2 aromatic carbocycles. The molecule has 0 aliphatic carbocycles. The van der Waals surface area contributed by atoms with Gasteiger partial charge in [0.1, 0.15) is 19.5 Å². The number of hydrogen-bond acceptors (Lipinski definition) is 5. The van der Waals surface area contributed by atoms with E-state index < -0.39 is 15.8 Å². The van der Waals surface area contributed by atoms with Crippen molar-refractivity contribution in [3.63, 3.8) is 0 Å². The lowest BCUT2D eigenvalue weighted by atomic mass is 9.99. The molecule has 1 N–H and O–H groups in total. The van der Waals surface area contributed by atoms with Crippen LogP contribution in [0.1, 0.15) is 12.8 Å². The Morgan fingerprint density at radius 3 is 2.80 bits per heavy atom. The topological polar surface area (TPSA) is 79.6 Å². The first kappa shape index (κ1) is 23.8. The van der Waals surface area contributed by atoms with Gasteiger partial charge in [0.25, 0.3) is 0 Å². The summed E-state index contributed by atoms with van der Waals surface area (Å²) in [7, 11) is -1.81. The maximum Gasteiger partial charge on any atom is 0.243 e. The number of fused-ring (bicyclic) bond motifs is 1. The minimum atomic E-state index is -3.76. The number of sulfonamides is 1. The zero-order valence-electron chi connectivity index (χ0n) is 19.2. The van der Waals surface area contributed by atoms with Crippen molar-refractivity contribution in [1.82, 2.24) is 18.9 Å². The molecular weight excluding hydrogens is 488 g/mol. The van der Waals surface area contributed by atoms with Crippen molar-refractivity contribution in [3.8, 4) is 11.3 Å². The van der Waals surface area contributed by atoms with Gasteiger partial charge >= 0.3 is 0 Å². The number of rotatable bonds is 6. The van der Waals surface area contributed by atoms with E-state index in [1.165, 1.54) is 22.5 Å². The van der Waals surface area contributed by atoms with Crippen molar-refractivity contribution < 1.29 is 12.8 Å². The lowest BCUT2D eigenvalue weighted by Crippen LogP contribution is -2.41. The largest absolute Gasteiger partial charge is 0.370 e. The van der Waals surface area contributed by atoms with Gasteiger partial charge in [0.05, 0.1) is 10.6 Å². The average Bonchev–Trinajstić information content (AvgIpc) is 3.23. The van der Waals surface area contributed by atoms with Crippen molar-refractivity contribution in [2.45, 2.75) is 17.7 Å². The highest BCUT2D eigenvalue weighted by Crippen LogP contribution is 2.29. The lowest BCUT2D eigenvalue weighted by molar-refractivity contribution is 0.275. The lowest BCUT2D eigenvalue weighted by Gasteiger charge is -2.32. The third-order valence-electron chi connectivity index (χ3n) is 6.29. The van der Waals surface area contributed by atoms with Crippen molar-refractivity contribution in [2.75, 3.05) is 25.0 Å². The minimum absolute atomic E-state index is 0.0154. The van der Waals surface area contributed by atoms with Gasteiger partial charge in [-0.05, 0) is 48.5 Å². The summed E-state index contributed by atoms with van der Waals surface area (Å²) in [5.41, 5.74) is 3.22. The van der Waals surface area contributed by atoms with Crippen LogP contribution in [0.25, 0.3) is 16.9 Å². The van der Waals surface area contributed by atoms with Crippen LogP contribution in [0.3, 0.4) is 0 Å². The second-order valence-electron chi connectivity index (χ2n) is 8.78. The molecule has 7 nitrogen and oxygen atoms in total. The highest BCUT2D eigenvalue weighted by atomic mass is 35.5. The van der Waals surface area contributed by atoms with Gasteiger partial charge in [0.2, 0.25) is 10.0 Å². The molecule has 1 unspecified atom stereocenters. The van der Waals surface area contributed by atoms with Gasteiger partial charge in [0.15, 0.2) is 5.65 Å². The SMILES string of the molecule is Bc1cnn2c(NCC3CCCN(S(=O)(=O)c4cccc(F)c4)C3)cc(-c3ccccc3Cl)nc12. The standard InChI is InChI=1S/C24H24BClFN5O2S/c25-20-14-29-32-23(12-22(30-24(20)32)19-8-1-2-9-21(19)26)28-13-16-5-4-10-31(15-16)35(33,34)18-7-3-6-17(27)11-18/h1-3,6-9,11-12,14,16,28H,4-5,10,13,15,25H2. The molecule has 5 rings (SSSR count). The molecule has 180 valence electrons. The third kappa shape index (κ3) is 4.78. The Hall–Kier alpha value is -2.95. The van der Waals surface area contributed by atoms with Gasteiger partial charge in [-0.3, -0.25) is 0 Å². The van der Waals surface area contributed by atoms with Crippen LogP contribution in [0, 0.1) is 11.7 Å². The summed E-state index contributed by atoms with van der Waals surface area (Å²) in [6.07, 6.45) is 3.38. The van der Waals surface area contributed by atoms with E-state index in [1.807, 2.05) is 38.2 Å². The summed E-state index contributed by atoms with van der Waals surface area (Å²) in [5, 5.41) is 8.52. The predicted octanol–water partition coefficient (Wildman–Crippen LogP) is 2.96. The van der Waals surface area contributed by atoms with Crippen LogP contribution in [-0.2, 0) is 10.0 Å². The molecular formula is C24H24BClFN5O2S. The molecule has 35 heavy (non-hydrogen) atoms. The minimum Gasteiger partial charge on any atom is -0.370 e. The molecule has 1 aliphatic heterocycles. The Bertz CT molecular complexity index is 1500. The van der Waals surface area contributed by atoms with Gasteiger partial charge in [-0.2, -0.15) is 13.9 Å². The number of benzene rings is 2. The molecule has 4 aromatic rings. The predicted molar refractivity (Wildman–Crippen MR) is 138 cm³/mol. The Balaban J connectivity index is 1.38. The molecule has 0 bridgehead atoms. The van der Waals surface area contributed by atoms with E-state index in [1.54, 1.807) is 10.7 Å². The van der Waals surface area contributed by atoms with E-state index in [2.05, 4.69) is 10.4 Å². The molecule has 3 heterocycles. The smallest absolute Gasteiger partial charge is 0.243 e. The Morgan fingerprint density at radius 1 is 1.17 bits per heavy atom. The molecule has 1 atom stereocenters. The fourth-order valence-corrected chi connectivity index (χ4v) is 6.26. The van der Waals surface area contributed by atoms with Crippen LogP contribution >= 0.6 is 11.6 Å². The summed E-state index contributed by atoms with van der Waals surface area (Å²) in [4.78, 5) is 4.75. The second kappa shape index (κ2) is 9.60. The summed E-state index contributed by atoms with van der Waals surface area (Å²) in [5.74, 6) is 0.269. The number of anilines is 1. The number of nitrogens with one attached hydrogen (secondary N) is 1. The number of nitrogens with zero attached hydrogens (tertiary/aromatic N) is 4. The fourth-order valence-electron chi connectivity index (χ4n) is 4.44. The molecule has 0 saturated carbocycles. The number of piperidine rings is 1. The van der Waals surface area contributed by atoms with Crippen molar-refractivity contribution in [3.05, 3.63) is 71.6 Å². The number of halogens is 2. The quantitative estimate of drug-likeness (QED) is 0.403. The number of aromatic nitrogens is 3. The molecule has 11 heteroatoms. The average molecular weight is 512 g/mol. The molecule has 0 spiro atoms. The van der Waals surface area contributed by atoms with Crippen LogP contribution in [-0.4, -0.2) is 54.8 Å². The Morgan fingerprint density at radius 2 is 2.00 bits per heavy atom. The summed E-state index contributed by atoms with van der Waals surface area (Å²) < 4.78 is 43.0. The Kier molecular flexibility index (Phi) is 6.52. The molecule has 1 aliphatic rings. The summed E-state index contributed by atoms with van der Waals surface area (Å²) in [6.45, 7) is 1.33. The van der Waals surface area contributed by atoms with Crippen molar-refractivity contribution in [2.24, 2.45) is 5.92 Å². The molecule has 1 fully saturated rings. The molecule has 1 saturated heterocycles. The van der Waals surface area contributed by atoms with Crippen LogP contribution < -0.4 is 10.8 Å². The first-order chi connectivity index (χ1) is 16.8. The fraction of sp³-hybridized carbons (Fsp3) is 0.250. The van der Waals surface area contributed by atoms with Crippen LogP contribution in [0.15, 0.2) is 65.7 Å². The van der Waals surface area contributed by atoms with E-state index in [0.29, 0.717) is 24.7 Å². The van der Waals surface area contributed by atoms with Gasteiger partial charge < -0.3 is 5.32 Å². The normalized spacial score (nSPS) is 17.0. The monoisotopic (exact) mass is 511 g/mol. The van der Waals surface area contributed by atoms with Crippen molar-refractivity contribution >= 4 is 46.4 Å². The first-order valence-corrected chi connectivity index (χ1v) is 13.2. The molecule has 0 amide bonds. The van der Waals surface area contributed by atoms with Crippen LogP contribution in [0.2, 0.25) is 5.02 Å². The van der Waals surface area contributed by atoms with Gasteiger partial charge in [-0.25, -0.2) is 17.8 Å². The second-order valence-corrected chi connectivity index (χ2v) is 11.1. The van der Waals surface area contributed by atoms with Crippen molar-refractivity contribution in [1.29, 1.82) is 0 Å². The Labute approximate surface area is 209 Å². The van der Waals surface area contributed by atoms with Crippen LogP contribution in [0.5, 0.6) is 0 Å². The number of hydrogen-bond donors (Lipinski definition) is 1.